The van der Waals surface area contributed by atoms with E-state index in [0.29, 0.717) is 17.0 Å². The van der Waals surface area contributed by atoms with Crippen LogP contribution in [-0.4, -0.2) is 29.6 Å². The number of nitrogens with zero attached hydrogens (tertiary/aromatic N) is 3. The summed E-state index contributed by atoms with van der Waals surface area (Å²) >= 11 is 5.78. The predicted molar refractivity (Wildman–Crippen MR) is 68.1 cm³/mol. The molecule has 94 valence electrons. The molecular weight excluding hydrogens is 274 g/mol. The Balaban J connectivity index is 2.50. The number of rotatable bonds is 2. The first-order valence-corrected chi connectivity index (χ1v) is 7.30. The monoisotopic (exact) mass is 283 g/mol. The summed E-state index contributed by atoms with van der Waals surface area (Å²) in [5.74, 6) is 0. The van der Waals surface area contributed by atoms with E-state index in [1.165, 1.54) is 18.5 Å². The van der Waals surface area contributed by atoms with Crippen molar-refractivity contribution in [1.29, 1.82) is 0 Å². The van der Waals surface area contributed by atoms with Gasteiger partial charge >= 0.3 is 0 Å². The number of halogens is 1. The molecule has 0 fully saturated rings. The Bertz CT molecular complexity index is 684. The van der Waals surface area contributed by atoms with Crippen molar-refractivity contribution in [2.45, 2.75) is 11.9 Å². The van der Waals surface area contributed by atoms with Crippen molar-refractivity contribution in [3.8, 4) is 11.3 Å². The Labute approximate surface area is 110 Å². The van der Waals surface area contributed by atoms with Crippen LogP contribution in [-0.2, 0) is 9.84 Å². The molecule has 2 heterocycles. The van der Waals surface area contributed by atoms with Gasteiger partial charge in [0.15, 0.2) is 14.9 Å². The van der Waals surface area contributed by atoms with Gasteiger partial charge in [-0.1, -0.05) is 11.6 Å². The van der Waals surface area contributed by atoms with Crippen LogP contribution in [0.5, 0.6) is 0 Å². The maximum absolute atomic E-state index is 11.3. The summed E-state index contributed by atoms with van der Waals surface area (Å²) < 4.78 is 22.6. The van der Waals surface area contributed by atoms with Gasteiger partial charge in [-0.2, -0.15) is 0 Å². The van der Waals surface area contributed by atoms with Crippen LogP contribution in [0.4, 0.5) is 0 Å². The number of aromatic nitrogens is 3. The SMILES string of the molecule is Cc1ncc(Cl)nc1-c1ccc(S(C)(=O)=O)nc1. The topological polar surface area (TPSA) is 72.8 Å². The van der Waals surface area contributed by atoms with E-state index in [2.05, 4.69) is 15.0 Å². The lowest BCUT2D eigenvalue weighted by atomic mass is 10.2. The molecule has 0 amide bonds. The summed E-state index contributed by atoms with van der Waals surface area (Å²) in [7, 11) is -3.29. The highest BCUT2D eigenvalue weighted by molar-refractivity contribution is 7.90. The number of sulfone groups is 1. The quantitative estimate of drug-likeness (QED) is 0.842. The van der Waals surface area contributed by atoms with Crippen LogP contribution in [0.15, 0.2) is 29.6 Å². The Hall–Kier alpha value is -1.53. The van der Waals surface area contributed by atoms with Gasteiger partial charge in [0.05, 0.1) is 17.6 Å². The molecule has 0 aromatic carbocycles. The minimum atomic E-state index is -3.29. The average molecular weight is 284 g/mol. The summed E-state index contributed by atoms with van der Waals surface area (Å²) in [6, 6.07) is 3.07. The van der Waals surface area contributed by atoms with E-state index in [4.69, 9.17) is 11.6 Å². The van der Waals surface area contributed by atoms with Crippen molar-refractivity contribution in [3.05, 3.63) is 35.4 Å². The van der Waals surface area contributed by atoms with Gasteiger partial charge < -0.3 is 0 Å². The zero-order valence-electron chi connectivity index (χ0n) is 9.75. The fraction of sp³-hybridized carbons (Fsp3) is 0.182. The van der Waals surface area contributed by atoms with E-state index in [0.717, 1.165) is 6.26 Å². The molecule has 18 heavy (non-hydrogen) atoms. The summed E-state index contributed by atoms with van der Waals surface area (Å²) in [6.07, 6.45) is 4.02. The van der Waals surface area contributed by atoms with E-state index < -0.39 is 9.84 Å². The van der Waals surface area contributed by atoms with Gasteiger partial charge in [0, 0.05) is 18.0 Å². The number of hydrogen-bond acceptors (Lipinski definition) is 5. The lowest BCUT2D eigenvalue weighted by Gasteiger charge is -2.05. The van der Waals surface area contributed by atoms with Gasteiger partial charge in [0.25, 0.3) is 0 Å². The van der Waals surface area contributed by atoms with Crippen molar-refractivity contribution < 1.29 is 8.42 Å². The lowest BCUT2D eigenvalue weighted by molar-refractivity contribution is 0.598. The molecule has 0 aliphatic heterocycles. The molecule has 0 radical (unpaired) electrons. The summed E-state index contributed by atoms with van der Waals surface area (Å²) in [6.45, 7) is 1.79. The van der Waals surface area contributed by atoms with Crippen LogP contribution in [0.1, 0.15) is 5.69 Å². The van der Waals surface area contributed by atoms with Gasteiger partial charge in [0.1, 0.15) is 5.15 Å². The molecule has 2 aromatic heterocycles. The molecule has 7 heteroatoms. The molecule has 0 atom stereocenters. The third-order valence-electron chi connectivity index (χ3n) is 2.32. The highest BCUT2D eigenvalue weighted by Gasteiger charge is 2.11. The minimum absolute atomic E-state index is 0.0268. The van der Waals surface area contributed by atoms with Crippen LogP contribution in [0.3, 0.4) is 0 Å². The molecule has 0 N–H and O–H groups in total. The van der Waals surface area contributed by atoms with E-state index in [-0.39, 0.29) is 10.2 Å². The van der Waals surface area contributed by atoms with Gasteiger partial charge in [0.2, 0.25) is 0 Å². The molecule has 0 unspecified atom stereocenters. The fourth-order valence-corrected chi connectivity index (χ4v) is 2.13. The zero-order valence-corrected chi connectivity index (χ0v) is 11.3. The summed E-state index contributed by atoms with van der Waals surface area (Å²) in [4.78, 5) is 12.1. The normalized spacial score (nSPS) is 11.5. The maximum atomic E-state index is 11.3. The predicted octanol–water partition coefficient (Wildman–Crippen LogP) is 1.90. The molecule has 0 bridgehead atoms. The minimum Gasteiger partial charge on any atom is -0.256 e. The average Bonchev–Trinajstić information content (AvgIpc) is 2.31. The largest absolute Gasteiger partial charge is 0.256 e. The third-order valence-corrected chi connectivity index (χ3v) is 3.50. The second-order valence-corrected chi connectivity index (χ2v) is 6.13. The van der Waals surface area contributed by atoms with Crippen LogP contribution in [0.2, 0.25) is 5.15 Å². The number of pyridine rings is 1. The molecule has 0 saturated carbocycles. The van der Waals surface area contributed by atoms with Crippen molar-refractivity contribution >= 4 is 21.4 Å². The molecule has 2 aromatic rings. The first kappa shape index (κ1) is 12.9. The lowest BCUT2D eigenvalue weighted by Crippen LogP contribution is -2.00. The van der Waals surface area contributed by atoms with Crippen molar-refractivity contribution in [1.82, 2.24) is 15.0 Å². The third kappa shape index (κ3) is 2.65. The molecule has 0 saturated heterocycles. The van der Waals surface area contributed by atoms with Gasteiger partial charge in [-0.3, -0.25) is 4.98 Å². The van der Waals surface area contributed by atoms with E-state index >= 15 is 0 Å². The molecular formula is C11H10ClN3O2S. The Kier molecular flexibility index (Phi) is 3.32. The number of aryl methyl sites for hydroxylation is 1. The van der Waals surface area contributed by atoms with E-state index in [9.17, 15) is 8.42 Å². The molecule has 0 aliphatic carbocycles. The van der Waals surface area contributed by atoms with Crippen LogP contribution >= 0.6 is 11.6 Å². The van der Waals surface area contributed by atoms with Gasteiger partial charge in [-0.15, -0.1) is 0 Å². The summed E-state index contributed by atoms with van der Waals surface area (Å²) in [5, 5.41) is 0.307. The Morgan fingerprint density at radius 3 is 2.44 bits per heavy atom. The Morgan fingerprint density at radius 2 is 1.89 bits per heavy atom. The van der Waals surface area contributed by atoms with Crippen LogP contribution in [0.25, 0.3) is 11.3 Å². The maximum Gasteiger partial charge on any atom is 0.192 e. The second kappa shape index (κ2) is 4.62. The van der Waals surface area contributed by atoms with E-state index in [1.54, 1.807) is 13.0 Å². The first-order chi connectivity index (χ1) is 8.38. The van der Waals surface area contributed by atoms with Gasteiger partial charge in [-0.25, -0.2) is 18.4 Å². The van der Waals surface area contributed by atoms with Crippen molar-refractivity contribution in [2.75, 3.05) is 6.26 Å². The van der Waals surface area contributed by atoms with Crippen molar-refractivity contribution in [3.63, 3.8) is 0 Å². The van der Waals surface area contributed by atoms with Crippen LogP contribution in [0, 0.1) is 6.92 Å². The standard InChI is InChI=1S/C11H10ClN3O2S/c1-7-11(15-9(12)6-13-7)8-3-4-10(14-5-8)18(2,16)17/h3-6H,1-2H3. The fourth-order valence-electron chi connectivity index (χ4n) is 1.44. The first-order valence-electron chi connectivity index (χ1n) is 5.03. The highest BCUT2D eigenvalue weighted by Crippen LogP contribution is 2.21. The summed E-state index contributed by atoms with van der Waals surface area (Å²) in [5.41, 5.74) is 1.97. The molecule has 0 aliphatic rings. The van der Waals surface area contributed by atoms with E-state index in [1.807, 2.05) is 0 Å². The smallest absolute Gasteiger partial charge is 0.192 e. The Morgan fingerprint density at radius 1 is 1.17 bits per heavy atom. The van der Waals surface area contributed by atoms with Crippen LogP contribution < -0.4 is 0 Å². The number of hydrogen-bond donors (Lipinski definition) is 0. The van der Waals surface area contributed by atoms with Gasteiger partial charge in [-0.05, 0) is 19.1 Å². The van der Waals surface area contributed by atoms with Crippen molar-refractivity contribution in [2.24, 2.45) is 0 Å². The highest BCUT2D eigenvalue weighted by atomic mass is 35.5. The second-order valence-electron chi connectivity index (χ2n) is 3.78. The molecule has 0 spiro atoms. The zero-order chi connectivity index (χ0) is 13.3. The molecule has 5 nitrogen and oxygen atoms in total. The molecule has 2 rings (SSSR count).